The van der Waals surface area contributed by atoms with Gasteiger partial charge in [0, 0.05) is 12.2 Å². The first-order chi connectivity index (χ1) is 25.2. The highest BCUT2D eigenvalue weighted by molar-refractivity contribution is 5.97. The van der Waals surface area contributed by atoms with E-state index in [1.54, 1.807) is 48.5 Å². The number of benzene rings is 3. The van der Waals surface area contributed by atoms with E-state index in [0.717, 1.165) is 63.5 Å². The molecule has 12 nitrogen and oxygen atoms in total. The summed E-state index contributed by atoms with van der Waals surface area (Å²) in [4.78, 5) is 60.4. The van der Waals surface area contributed by atoms with E-state index in [1.165, 1.54) is 25.3 Å². The lowest BCUT2D eigenvalue weighted by molar-refractivity contribution is -0.138. The van der Waals surface area contributed by atoms with Crippen molar-refractivity contribution in [1.82, 2.24) is 0 Å². The molecule has 12 heteroatoms. The summed E-state index contributed by atoms with van der Waals surface area (Å²) in [6.07, 6.45) is 9.03. The molecule has 0 spiro atoms. The fourth-order valence-electron chi connectivity index (χ4n) is 4.59. The highest BCUT2D eigenvalue weighted by atomic mass is 16.6. The molecule has 0 amide bonds. The van der Waals surface area contributed by atoms with E-state index in [2.05, 4.69) is 13.2 Å². The first kappa shape index (κ1) is 40.5. The number of ether oxygens (including phenoxy) is 7. The van der Waals surface area contributed by atoms with Crippen molar-refractivity contribution in [1.29, 1.82) is 0 Å². The van der Waals surface area contributed by atoms with E-state index in [1.807, 2.05) is 0 Å². The predicted octanol–water partition coefficient (Wildman–Crippen LogP) is 7.25. The maximum atomic E-state index is 12.9. The summed E-state index contributed by atoms with van der Waals surface area (Å²) in [5.41, 5.74) is 0.373. The monoisotopic (exact) mass is 716 g/mol. The Morgan fingerprint density at radius 1 is 0.519 bits per heavy atom. The van der Waals surface area contributed by atoms with Gasteiger partial charge in [-0.3, -0.25) is 0 Å². The van der Waals surface area contributed by atoms with Crippen LogP contribution in [0.1, 0.15) is 82.4 Å². The molecule has 0 aliphatic carbocycles. The van der Waals surface area contributed by atoms with Gasteiger partial charge in [-0.05, 0) is 118 Å². The molecule has 0 saturated heterocycles. The van der Waals surface area contributed by atoms with Crippen LogP contribution in [0.3, 0.4) is 0 Å². The molecule has 276 valence electrons. The fourth-order valence-corrected chi connectivity index (χ4v) is 4.59. The molecule has 3 rings (SSSR count). The molecule has 3 aromatic carbocycles. The van der Waals surface area contributed by atoms with Gasteiger partial charge in [-0.25, -0.2) is 24.0 Å². The van der Waals surface area contributed by atoms with Crippen LogP contribution in [0.15, 0.2) is 92.0 Å². The van der Waals surface area contributed by atoms with Crippen molar-refractivity contribution in [2.24, 2.45) is 0 Å². The van der Waals surface area contributed by atoms with Crippen molar-refractivity contribution in [2.45, 2.75) is 51.4 Å². The summed E-state index contributed by atoms with van der Waals surface area (Å²) in [5, 5.41) is 0. The Morgan fingerprint density at radius 2 is 0.942 bits per heavy atom. The molecule has 0 N–H and O–H groups in total. The summed E-state index contributed by atoms with van der Waals surface area (Å²) in [6.45, 7) is 8.40. The molecule has 0 atom stereocenters. The highest BCUT2D eigenvalue weighted by Gasteiger charge is 2.20. The van der Waals surface area contributed by atoms with Gasteiger partial charge >= 0.3 is 29.8 Å². The van der Waals surface area contributed by atoms with Crippen LogP contribution in [-0.4, -0.2) is 63.4 Å². The minimum atomic E-state index is -0.792. The maximum Gasteiger partial charge on any atom is 0.343 e. The molecule has 0 fully saturated rings. The Kier molecular flexibility index (Phi) is 17.7. The zero-order valence-corrected chi connectivity index (χ0v) is 29.3. The summed E-state index contributed by atoms with van der Waals surface area (Å²) >= 11 is 0. The number of carbonyl (C=O) groups excluding carboxylic acids is 5. The largest absolute Gasteiger partial charge is 0.494 e. The molecule has 0 radical (unpaired) electrons. The second-order valence-electron chi connectivity index (χ2n) is 11.2. The lowest BCUT2D eigenvalue weighted by Crippen LogP contribution is -2.13. The number of hydrogen-bond acceptors (Lipinski definition) is 12. The molecule has 0 aliphatic rings. The average Bonchev–Trinajstić information content (AvgIpc) is 3.17. The SMILES string of the molecule is C=CC(=O)OCCCCCCOc1ccc(C(=O)Oc2ccc(OC(=O)c3ccc(OCCCCCCOC(=O)C=C)cc3)c(C(=O)OC)c2)cc1. The average molecular weight is 717 g/mol. The molecule has 52 heavy (non-hydrogen) atoms. The van der Waals surface area contributed by atoms with Gasteiger partial charge in [0.1, 0.15) is 28.6 Å². The normalized spacial score (nSPS) is 10.3. The maximum absolute atomic E-state index is 12.9. The van der Waals surface area contributed by atoms with Gasteiger partial charge in [-0.1, -0.05) is 13.2 Å². The summed E-state index contributed by atoms with van der Waals surface area (Å²) in [5.74, 6) is -1.89. The van der Waals surface area contributed by atoms with Crippen LogP contribution in [0.5, 0.6) is 23.0 Å². The molecule has 0 saturated carbocycles. The lowest BCUT2D eigenvalue weighted by atomic mass is 10.1. The van der Waals surface area contributed by atoms with E-state index < -0.39 is 29.8 Å². The number of hydrogen-bond donors (Lipinski definition) is 0. The molecule has 0 heterocycles. The van der Waals surface area contributed by atoms with Crippen molar-refractivity contribution >= 4 is 29.8 Å². The van der Waals surface area contributed by atoms with Crippen molar-refractivity contribution in [3.63, 3.8) is 0 Å². The third-order valence-electron chi connectivity index (χ3n) is 7.39. The van der Waals surface area contributed by atoms with Crippen LogP contribution < -0.4 is 18.9 Å². The van der Waals surface area contributed by atoms with Crippen LogP contribution in [0.4, 0.5) is 0 Å². The predicted molar refractivity (Wildman–Crippen MR) is 191 cm³/mol. The van der Waals surface area contributed by atoms with Crippen LogP contribution in [0.2, 0.25) is 0 Å². The Balaban J connectivity index is 1.45. The molecular weight excluding hydrogens is 672 g/mol. The van der Waals surface area contributed by atoms with E-state index in [4.69, 9.17) is 33.2 Å². The smallest absolute Gasteiger partial charge is 0.343 e. The van der Waals surface area contributed by atoms with Crippen molar-refractivity contribution < 1.29 is 57.1 Å². The molecular formula is C40H44O12. The number of carbonyl (C=O) groups is 5. The Labute approximate surface area is 303 Å². The number of esters is 5. The van der Waals surface area contributed by atoms with E-state index in [-0.39, 0.29) is 28.2 Å². The third-order valence-corrected chi connectivity index (χ3v) is 7.39. The van der Waals surface area contributed by atoms with Crippen molar-refractivity contribution in [3.05, 3.63) is 109 Å². The minimum absolute atomic E-state index is 0.0439. The summed E-state index contributed by atoms with van der Waals surface area (Å²) < 4.78 is 37.2. The number of rotatable bonds is 23. The molecule has 0 aromatic heterocycles. The molecule has 0 aliphatic heterocycles. The molecule has 0 unspecified atom stereocenters. The molecule has 0 bridgehead atoms. The Bertz CT molecular complexity index is 1640. The van der Waals surface area contributed by atoms with Gasteiger partial charge in [-0.15, -0.1) is 0 Å². The number of unbranched alkanes of at least 4 members (excludes halogenated alkanes) is 6. The van der Waals surface area contributed by atoms with Crippen molar-refractivity contribution in [2.75, 3.05) is 33.5 Å². The zero-order chi connectivity index (χ0) is 37.6. The van der Waals surface area contributed by atoms with Crippen LogP contribution in [0.25, 0.3) is 0 Å². The Morgan fingerprint density at radius 3 is 1.38 bits per heavy atom. The van der Waals surface area contributed by atoms with Gasteiger partial charge < -0.3 is 33.2 Å². The fraction of sp³-hybridized carbons (Fsp3) is 0.325. The standard InChI is InChI=1S/C40H44O12/c1-4-36(41)49-26-12-8-6-10-24-47-31-18-14-29(15-19-31)38(43)51-33-22-23-35(34(28-33)40(45)46-3)52-39(44)30-16-20-32(21-17-30)48-25-11-7-9-13-27-50-37(42)5-2/h4-5,14-23,28H,1-2,6-13,24-27H2,3H3. The highest BCUT2D eigenvalue weighted by Crippen LogP contribution is 2.27. The lowest BCUT2D eigenvalue weighted by Gasteiger charge is -2.12. The first-order valence-corrected chi connectivity index (χ1v) is 16.9. The second kappa shape index (κ2) is 22.7. The van der Waals surface area contributed by atoms with Crippen LogP contribution in [0, 0.1) is 0 Å². The van der Waals surface area contributed by atoms with Gasteiger partial charge in [0.2, 0.25) is 0 Å². The summed E-state index contributed by atoms with van der Waals surface area (Å²) in [7, 11) is 1.18. The quantitative estimate of drug-likeness (QED) is 0.0320. The van der Waals surface area contributed by atoms with E-state index >= 15 is 0 Å². The minimum Gasteiger partial charge on any atom is -0.494 e. The second-order valence-corrected chi connectivity index (χ2v) is 11.2. The topological polar surface area (TPSA) is 150 Å². The van der Waals surface area contributed by atoms with Crippen LogP contribution in [-0.2, 0) is 23.8 Å². The van der Waals surface area contributed by atoms with Gasteiger partial charge in [-0.2, -0.15) is 0 Å². The van der Waals surface area contributed by atoms with Gasteiger partial charge in [0.15, 0.2) is 0 Å². The third kappa shape index (κ3) is 14.5. The van der Waals surface area contributed by atoms with Crippen molar-refractivity contribution in [3.8, 4) is 23.0 Å². The zero-order valence-electron chi connectivity index (χ0n) is 29.3. The van der Waals surface area contributed by atoms with Gasteiger partial charge in [0.25, 0.3) is 0 Å². The van der Waals surface area contributed by atoms with Gasteiger partial charge in [0.05, 0.1) is 44.7 Å². The first-order valence-electron chi connectivity index (χ1n) is 16.9. The van der Waals surface area contributed by atoms with E-state index in [0.29, 0.717) is 37.9 Å². The summed E-state index contributed by atoms with van der Waals surface area (Å²) in [6, 6.07) is 16.8. The van der Waals surface area contributed by atoms with E-state index in [9.17, 15) is 24.0 Å². The Hall–Kier alpha value is -5.91. The molecule has 3 aromatic rings. The number of methoxy groups -OCH3 is 1. The van der Waals surface area contributed by atoms with Crippen LogP contribution >= 0.6 is 0 Å².